The number of rotatable bonds is 4. The summed E-state index contributed by atoms with van der Waals surface area (Å²) in [5.41, 5.74) is 3.27. The van der Waals surface area contributed by atoms with E-state index in [1.54, 1.807) is 11.8 Å². The zero-order chi connectivity index (χ0) is 18.0. The van der Waals surface area contributed by atoms with Gasteiger partial charge in [-0.15, -0.1) is 5.10 Å². The van der Waals surface area contributed by atoms with E-state index >= 15 is 0 Å². The lowest BCUT2D eigenvalue weighted by Gasteiger charge is -2.28. The van der Waals surface area contributed by atoms with Crippen molar-refractivity contribution >= 4 is 56.0 Å². The minimum Gasteiger partial charge on any atom is -0.308 e. The van der Waals surface area contributed by atoms with Gasteiger partial charge >= 0.3 is 0 Å². The van der Waals surface area contributed by atoms with Crippen LogP contribution in [0.4, 0.5) is 5.69 Å². The molecule has 132 valence electrons. The first-order valence-electron chi connectivity index (χ1n) is 8.52. The van der Waals surface area contributed by atoms with E-state index in [9.17, 15) is 0 Å². The zero-order valence-electron chi connectivity index (χ0n) is 15.0. The quantitative estimate of drug-likeness (QED) is 0.189. The molecule has 0 N–H and O–H groups in total. The number of amidine groups is 1. The van der Waals surface area contributed by atoms with Crippen molar-refractivity contribution in [2.24, 2.45) is 10.2 Å². The molecule has 0 unspecified atom stereocenters. The Hall–Kier alpha value is -1.33. The lowest BCUT2D eigenvalue weighted by molar-refractivity contribution is 0.808. The average Bonchev–Trinajstić information content (AvgIpc) is 3.39. The van der Waals surface area contributed by atoms with Crippen LogP contribution in [0.15, 0.2) is 46.6 Å². The molecule has 0 aliphatic heterocycles. The van der Waals surface area contributed by atoms with Crippen LogP contribution in [0.3, 0.4) is 0 Å². The molecule has 0 spiro atoms. The number of fused-ring (bicyclic) bond motifs is 1. The van der Waals surface area contributed by atoms with E-state index in [0.717, 1.165) is 16.8 Å². The van der Waals surface area contributed by atoms with Crippen molar-refractivity contribution in [3.8, 4) is 0 Å². The van der Waals surface area contributed by atoms with Gasteiger partial charge in [0.1, 0.15) is 0 Å². The number of halogens is 1. The molecule has 0 saturated heterocycles. The largest absolute Gasteiger partial charge is 0.308 e. The topological polar surface area (TPSA) is 28.0 Å². The van der Waals surface area contributed by atoms with Gasteiger partial charge in [0.05, 0.1) is 11.1 Å². The zero-order valence-corrected chi connectivity index (χ0v) is 17.4. The predicted octanol–water partition coefficient (Wildman–Crippen LogP) is 6.38. The standard InChI is InChI=1S/C20H24BrN3S/c1-20(2,3)25-19(23-22-4)24(13-21)18-12-11-15(14-9-10-14)16-7-5-6-8-17(16)18/h5-8,11-12,14H,4,9-10,13H2,1-3H3/b23-19+. The van der Waals surface area contributed by atoms with Crippen molar-refractivity contribution in [1.82, 2.24) is 0 Å². The van der Waals surface area contributed by atoms with Gasteiger partial charge in [0.2, 0.25) is 0 Å². The van der Waals surface area contributed by atoms with Crippen LogP contribution in [0.5, 0.6) is 0 Å². The highest BCUT2D eigenvalue weighted by Crippen LogP contribution is 2.45. The van der Waals surface area contributed by atoms with Gasteiger partial charge in [0, 0.05) is 16.9 Å². The van der Waals surface area contributed by atoms with Crippen LogP contribution in [0.2, 0.25) is 0 Å². The number of hydrogen-bond acceptors (Lipinski definition) is 3. The van der Waals surface area contributed by atoms with Crippen molar-refractivity contribution in [3.63, 3.8) is 0 Å². The summed E-state index contributed by atoms with van der Waals surface area (Å²) in [7, 11) is 0. The van der Waals surface area contributed by atoms with Gasteiger partial charge in [0.15, 0.2) is 5.17 Å². The van der Waals surface area contributed by atoms with Gasteiger partial charge in [-0.2, -0.15) is 5.10 Å². The van der Waals surface area contributed by atoms with Gasteiger partial charge in [-0.1, -0.05) is 78.8 Å². The van der Waals surface area contributed by atoms with Gasteiger partial charge in [0.25, 0.3) is 0 Å². The van der Waals surface area contributed by atoms with Gasteiger partial charge < -0.3 is 4.90 Å². The van der Waals surface area contributed by atoms with Gasteiger partial charge in [-0.05, 0) is 35.8 Å². The summed E-state index contributed by atoms with van der Waals surface area (Å²) in [4.78, 5) is 2.17. The first kappa shape index (κ1) is 18.5. The third kappa shape index (κ3) is 4.26. The third-order valence-corrected chi connectivity index (χ3v) is 5.75. The van der Waals surface area contributed by atoms with Crippen LogP contribution < -0.4 is 4.90 Å². The van der Waals surface area contributed by atoms with Crippen LogP contribution >= 0.6 is 27.7 Å². The van der Waals surface area contributed by atoms with Crippen molar-refractivity contribution in [1.29, 1.82) is 0 Å². The minimum absolute atomic E-state index is 0.0354. The number of hydrogen-bond donors (Lipinski definition) is 0. The van der Waals surface area contributed by atoms with E-state index in [-0.39, 0.29) is 4.75 Å². The molecule has 2 aromatic rings. The van der Waals surface area contributed by atoms with Crippen molar-refractivity contribution in [2.45, 2.75) is 44.3 Å². The van der Waals surface area contributed by atoms with E-state index in [0.29, 0.717) is 5.45 Å². The van der Waals surface area contributed by atoms with Crippen LogP contribution in [0.1, 0.15) is 45.1 Å². The van der Waals surface area contributed by atoms with Crippen LogP contribution in [0.25, 0.3) is 10.8 Å². The van der Waals surface area contributed by atoms with E-state index < -0.39 is 0 Å². The number of thioether (sulfide) groups is 1. The number of benzene rings is 2. The second kappa shape index (κ2) is 7.50. The van der Waals surface area contributed by atoms with Crippen molar-refractivity contribution < 1.29 is 0 Å². The normalized spacial score (nSPS) is 15.4. The molecule has 0 aromatic heterocycles. The Morgan fingerprint density at radius 3 is 2.44 bits per heavy atom. The predicted molar refractivity (Wildman–Crippen MR) is 117 cm³/mol. The van der Waals surface area contributed by atoms with Crippen LogP contribution in [-0.4, -0.2) is 22.1 Å². The average molecular weight is 418 g/mol. The summed E-state index contributed by atoms with van der Waals surface area (Å²) in [6, 6.07) is 13.2. The number of anilines is 1. The lowest BCUT2D eigenvalue weighted by Crippen LogP contribution is -2.30. The molecular formula is C20H24BrN3S. The Morgan fingerprint density at radius 2 is 1.88 bits per heavy atom. The fourth-order valence-electron chi connectivity index (χ4n) is 2.97. The summed E-state index contributed by atoms with van der Waals surface area (Å²) < 4.78 is 0.0354. The Labute approximate surface area is 162 Å². The molecule has 2 aromatic carbocycles. The second-order valence-electron chi connectivity index (χ2n) is 7.28. The second-order valence-corrected chi connectivity index (χ2v) is 9.58. The molecule has 0 heterocycles. The summed E-state index contributed by atoms with van der Waals surface area (Å²) in [6.07, 6.45) is 2.61. The van der Waals surface area contributed by atoms with E-state index in [2.05, 4.69) is 94.9 Å². The first-order valence-corrected chi connectivity index (χ1v) is 10.5. The monoisotopic (exact) mass is 417 g/mol. The highest BCUT2D eigenvalue weighted by molar-refractivity contribution is 9.09. The summed E-state index contributed by atoms with van der Waals surface area (Å²) in [5.74, 6) is 0.725. The van der Waals surface area contributed by atoms with E-state index in [1.807, 2.05) is 0 Å². The molecule has 25 heavy (non-hydrogen) atoms. The van der Waals surface area contributed by atoms with E-state index in [1.165, 1.54) is 29.2 Å². The number of alkyl halides is 1. The fraction of sp³-hybridized carbons (Fsp3) is 0.400. The lowest BCUT2D eigenvalue weighted by atomic mass is 9.99. The molecule has 3 rings (SSSR count). The molecule has 1 aliphatic carbocycles. The molecule has 0 amide bonds. The molecule has 1 saturated carbocycles. The molecule has 1 aliphatic rings. The SMILES string of the molecule is C=N/N=C(/SC(C)(C)C)N(CBr)c1ccc(C2CC2)c2ccccc12. The molecule has 0 bridgehead atoms. The third-order valence-electron chi connectivity index (χ3n) is 4.15. The van der Waals surface area contributed by atoms with Gasteiger partial charge in [-0.3, -0.25) is 0 Å². The summed E-state index contributed by atoms with van der Waals surface area (Å²) in [6.45, 7) is 10.1. The smallest absolute Gasteiger partial charge is 0.191 e. The molecule has 1 fully saturated rings. The van der Waals surface area contributed by atoms with Crippen LogP contribution in [0, 0.1) is 0 Å². The Morgan fingerprint density at radius 1 is 1.20 bits per heavy atom. The molecule has 5 heteroatoms. The van der Waals surface area contributed by atoms with Crippen LogP contribution in [-0.2, 0) is 0 Å². The molecule has 0 radical (unpaired) electrons. The van der Waals surface area contributed by atoms with Gasteiger partial charge in [-0.25, -0.2) is 0 Å². The first-order chi connectivity index (χ1) is 11.9. The molecular weight excluding hydrogens is 394 g/mol. The highest BCUT2D eigenvalue weighted by Gasteiger charge is 2.27. The maximum atomic E-state index is 4.32. The summed E-state index contributed by atoms with van der Waals surface area (Å²) >= 11 is 5.34. The fourth-order valence-corrected chi connectivity index (χ4v) is 4.57. The Balaban J connectivity index is 2.10. The van der Waals surface area contributed by atoms with E-state index in [4.69, 9.17) is 0 Å². The maximum Gasteiger partial charge on any atom is 0.191 e. The molecule has 3 nitrogen and oxygen atoms in total. The highest BCUT2D eigenvalue weighted by atomic mass is 79.9. The summed E-state index contributed by atoms with van der Waals surface area (Å²) in [5, 5.41) is 11.6. The van der Waals surface area contributed by atoms with Crippen molar-refractivity contribution in [3.05, 3.63) is 42.0 Å². The maximum absolute atomic E-state index is 4.32. The minimum atomic E-state index is 0.0354. The Bertz CT molecular complexity index is 806. The molecule has 0 atom stereocenters. The Kier molecular flexibility index (Phi) is 5.54. The van der Waals surface area contributed by atoms with Crippen molar-refractivity contribution in [2.75, 3.05) is 10.4 Å². The number of nitrogens with zero attached hydrogens (tertiary/aromatic N) is 3.